The Kier molecular flexibility index (Phi) is 5.83. The van der Waals surface area contributed by atoms with E-state index in [9.17, 15) is 9.59 Å². The maximum absolute atomic E-state index is 13.1. The Hall–Kier alpha value is -3.16. The minimum atomic E-state index is -0.323. The Balaban J connectivity index is 1.38. The highest BCUT2D eigenvalue weighted by Gasteiger charge is 2.38. The van der Waals surface area contributed by atoms with E-state index >= 15 is 0 Å². The van der Waals surface area contributed by atoms with Crippen LogP contribution >= 0.6 is 0 Å². The fraction of sp³-hybridized carbons (Fsp3) is 0.455. The van der Waals surface area contributed by atoms with Gasteiger partial charge in [-0.3, -0.25) is 9.59 Å². The summed E-state index contributed by atoms with van der Waals surface area (Å²) in [6.07, 6.45) is 3.37. The van der Waals surface area contributed by atoms with E-state index in [1.165, 1.54) is 7.11 Å². The zero-order valence-electron chi connectivity index (χ0n) is 17.3. The third-order valence-electron chi connectivity index (χ3n) is 5.59. The quantitative estimate of drug-likeness (QED) is 0.751. The largest absolute Gasteiger partial charge is 0.472 e. The number of aromatic nitrogens is 2. The van der Waals surface area contributed by atoms with Gasteiger partial charge >= 0.3 is 6.01 Å². The van der Waals surface area contributed by atoms with Crippen molar-refractivity contribution in [2.24, 2.45) is 5.92 Å². The highest BCUT2D eigenvalue weighted by atomic mass is 16.5. The molecule has 30 heavy (non-hydrogen) atoms. The SMILES string of the molecule is COc1nccc(OC2CCCN(C(=O)C3CC(=O)N(c4ccc(C)cc4)C3)C2)n1. The summed E-state index contributed by atoms with van der Waals surface area (Å²) in [5.41, 5.74) is 1.98. The van der Waals surface area contributed by atoms with Gasteiger partial charge < -0.3 is 19.3 Å². The number of piperidine rings is 1. The van der Waals surface area contributed by atoms with Gasteiger partial charge in [0, 0.05) is 37.5 Å². The maximum atomic E-state index is 13.1. The molecule has 2 amide bonds. The maximum Gasteiger partial charge on any atom is 0.319 e. The van der Waals surface area contributed by atoms with E-state index in [1.54, 1.807) is 17.2 Å². The van der Waals surface area contributed by atoms with Crippen LogP contribution in [-0.2, 0) is 9.59 Å². The molecule has 4 rings (SSSR count). The lowest BCUT2D eigenvalue weighted by Crippen LogP contribution is -2.47. The van der Waals surface area contributed by atoms with Gasteiger partial charge in [-0.15, -0.1) is 0 Å². The molecule has 0 bridgehead atoms. The van der Waals surface area contributed by atoms with Crippen molar-refractivity contribution >= 4 is 17.5 Å². The molecule has 2 atom stereocenters. The number of hydrogen-bond donors (Lipinski definition) is 0. The predicted octanol–water partition coefficient (Wildman–Crippen LogP) is 2.22. The van der Waals surface area contributed by atoms with Gasteiger partial charge in [0.05, 0.1) is 19.6 Å². The number of nitrogens with zero attached hydrogens (tertiary/aromatic N) is 4. The molecule has 2 aliphatic rings. The normalized spacial score (nSPS) is 21.6. The van der Waals surface area contributed by atoms with Crippen LogP contribution in [0, 0.1) is 12.8 Å². The lowest BCUT2D eigenvalue weighted by Gasteiger charge is -2.34. The second kappa shape index (κ2) is 8.69. The number of anilines is 1. The van der Waals surface area contributed by atoms with E-state index in [4.69, 9.17) is 9.47 Å². The second-order valence-electron chi connectivity index (χ2n) is 7.79. The van der Waals surface area contributed by atoms with Crippen molar-refractivity contribution in [3.05, 3.63) is 42.1 Å². The van der Waals surface area contributed by atoms with Crippen LogP contribution in [0.1, 0.15) is 24.8 Å². The van der Waals surface area contributed by atoms with Crippen LogP contribution in [0.4, 0.5) is 5.69 Å². The molecular formula is C22H26N4O4. The number of rotatable bonds is 5. The Morgan fingerprint density at radius 2 is 1.97 bits per heavy atom. The first-order chi connectivity index (χ1) is 14.5. The van der Waals surface area contributed by atoms with Crippen molar-refractivity contribution < 1.29 is 19.1 Å². The van der Waals surface area contributed by atoms with E-state index in [-0.39, 0.29) is 36.3 Å². The summed E-state index contributed by atoms with van der Waals surface area (Å²) in [7, 11) is 1.50. The molecule has 2 saturated heterocycles. The Morgan fingerprint density at radius 1 is 1.17 bits per heavy atom. The molecule has 1 aromatic carbocycles. The van der Waals surface area contributed by atoms with Crippen LogP contribution in [-0.4, -0.2) is 59.5 Å². The predicted molar refractivity (Wildman–Crippen MR) is 110 cm³/mol. The molecule has 0 radical (unpaired) electrons. The molecule has 2 unspecified atom stereocenters. The van der Waals surface area contributed by atoms with Crippen LogP contribution < -0.4 is 14.4 Å². The Bertz CT molecular complexity index is 918. The minimum absolute atomic E-state index is 0.00454. The monoisotopic (exact) mass is 410 g/mol. The van der Waals surface area contributed by atoms with Gasteiger partial charge in [0.25, 0.3) is 0 Å². The number of likely N-dealkylation sites (tertiary alicyclic amines) is 1. The number of amides is 2. The summed E-state index contributed by atoms with van der Waals surface area (Å²) >= 11 is 0. The summed E-state index contributed by atoms with van der Waals surface area (Å²) in [5.74, 6) is 0.126. The highest BCUT2D eigenvalue weighted by Crippen LogP contribution is 2.28. The second-order valence-corrected chi connectivity index (χ2v) is 7.79. The van der Waals surface area contributed by atoms with Gasteiger partial charge in [-0.1, -0.05) is 17.7 Å². The van der Waals surface area contributed by atoms with Crippen LogP contribution in [0.3, 0.4) is 0 Å². The van der Waals surface area contributed by atoms with Crippen molar-refractivity contribution in [2.75, 3.05) is 31.6 Å². The molecule has 0 N–H and O–H groups in total. The van der Waals surface area contributed by atoms with Crippen LogP contribution in [0.25, 0.3) is 0 Å². The zero-order chi connectivity index (χ0) is 21.1. The first-order valence-electron chi connectivity index (χ1n) is 10.2. The summed E-state index contributed by atoms with van der Waals surface area (Å²) in [6, 6.07) is 9.75. The molecular weight excluding hydrogens is 384 g/mol. The van der Waals surface area contributed by atoms with E-state index in [1.807, 2.05) is 36.1 Å². The van der Waals surface area contributed by atoms with Crippen molar-refractivity contribution in [1.82, 2.24) is 14.9 Å². The number of hydrogen-bond acceptors (Lipinski definition) is 6. The molecule has 0 saturated carbocycles. The van der Waals surface area contributed by atoms with E-state index < -0.39 is 0 Å². The number of aryl methyl sites for hydroxylation is 1. The molecule has 3 heterocycles. The van der Waals surface area contributed by atoms with E-state index in [0.29, 0.717) is 25.5 Å². The smallest absolute Gasteiger partial charge is 0.319 e. The first-order valence-corrected chi connectivity index (χ1v) is 10.2. The lowest BCUT2D eigenvalue weighted by molar-refractivity contribution is -0.138. The fourth-order valence-electron chi connectivity index (χ4n) is 4.00. The average Bonchev–Trinajstić information content (AvgIpc) is 3.15. The first kappa shape index (κ1) is 20.1. The average molecular weight is 410 g/mol. The lowest BCUT2D eigenvalue weighted by atomic mass is 10.0. The number of methoxy groups -OCH3 is 1. The minimum Gasteiger partial charge on any atom is -0.472 e. The van der Waals surface area contributed by atoms with Gasteiger partial charge in [-0.2, -0.15) is 4.98 Å². The van der Waals surface area contributed by atoms with E-state index in [2.05, 4.69) is 9.97 Å². The van der Waals surface area contributed by atoms with Gasteiger partial charge in [-0.25, -0.2) is 4.98 Å². The van der Waals surface area contributed by atoms with Gasteiger partial charge in [0.1, 0.15) is 6.10 Å². The third-order valence-corrected chi connectivity index (χ3v) is 5.59. The van der Waals surface area contributed by atoms with Gasteiger partial charge in [0.15, 0.2) is 0 Å². The summed E-state index contributed by atoms with van der Waals surface area (Å²) in [4.78, 5) is 37.3. The number of ether oxygens (including phenoxy) is 2. The Morgan fingerprint density at radius 3 is 2.73 bits per heavy atom. The summed E-state index contributed by atoms with van der Waals surface area (Å²) in [6.45, 7) is 3.60. The summed E-state index contributed by atoms with van der Waals surface area (Å²) in [5, 5.41) is 0. The molecule has 1 aromatic heterocycles. The molecule has 2 fully saturated rings. The van der Waals surface area contributed by atoms with Gasteiger partial charge in [0.2, 0.25) is 17.7 Å². The van der Waals surface area contributed by atoms with Crippen LogP contribution in [0.5, 0.6) is 11.9 Å². The number of carbonyl (C=O) groups is 2. The molecule has 8 nitrogen and oxygen atoms in total. The number of carbonyl (C=O) groups excluding carboxylic acids is 2. The fourth-order valence-corrected chi connectivity index (χ4v) is 4.00. The molecule has 158 valence electrons. The summed E-state index contributed by atoms with van der Waals surface area (Å²) < 4.78 is 11.0. The molecule has 0 spiro atoms. The van der Waals surface area contributed by atoms with Crippen LogP contribution in [0.2, 0.25) is 0 Å². The molecule has 8 heteroatoms. The molecule has 2 aromatic rings. The van der Waals surface area contributed by atoms with Crippen molar-refractivity contribution in [3.63, 3.8) is 0 Å². The standard InChI is InChI=1S/C22H26N4O4/c1-15-5-7-17(8-6-15)26-13-16(12-20(26)27)21(28)25-11-3-4-18(14-25)30-19-9-10-23-22(24-19)29-2/h5-10,16,18H,3-4,11-14H2,1-2H3. The van der Waals surface area contributed by atoms with Crippen LogP contribution in [0.15, 0.2) is 36.5 Å². The zero-order valence-corrected chi connectivity index (χ0v) is 17.3. The van der Waals surface area contributed by atoms with Crippen molar-refractivity contribution in [3.8, 4) is 11.9 Å². The Labute approximate surface area is 175 Å². The third kappa shape index (κ3) is 4.37. The molecule has 2 aliphatic heterocycles. The van der Waals surface area contributed by atoms with Gasteiger partial charge in [-0.05, 0) is 31.9 Å². The topological polar surface area (TPSA) is 84.9 Å². The van der Waals surface area contributed by atoms with Crippen molar-refractivity contribution in [2.45, 2.75) is 32.3 Å². The number of benzene rings is 1. The van der Waals surface area contributed by atoms with E-state index in [0.717, 1.165) is 24.1 Å². The molecule has 0 aliphatic carbocycles. The highest BCUT2D eigenvalue weighted by molar-refractivity contribution is 6.00. The van der Waals surface area contributed by atoms with Crippen molar-refractivity contribution in [1.29, 1.82) is 0 Å².